The van der Waals surface area contributed by atoms with Gasteiger partial charge in [0.05, 0.1) is 32.3 Å². The zero-order valence-corrected chi connectivity index (χ0v) is 9.60. The number of methoxy groups -OCH3 is 2. The second-order valence-electron chi connectivity index (χ2n) is 3.46. The average molecular weight is 221 g/mol. The summed E-state index contributed by atoms with van der Waals surface area (Å²) in [5.41, 5.74) is 0.718. The van der Waals surface area contributed by atoms with E-state index in [1.54, 1.807) is 32.2 Å². The molecule has 0 saturated carbocycles. The molecule has 0 radical (unpaired) electrons. The molecule has 86 valence electrons. The van der Waals surface area contributed by atoms with Crippen molar-refractivity contribution in [3.05, 3.63) is 23.8 Å². The van der Waals surface area contributed by atoms with Crippen molar-refractivity contribution in [2.45, 2.75) is 18.9 Å². The summed E-state index contributed by atoms with van der Waals surface area (Å²) >= 11 is 0. The minimum atomic E-state index is -0.719. The molecule has 0 aliphatic carbocycles. The number of benzene rings is 1. The van der Waals surface area contributed by atoms with Crippen LogP contribution in [0.15, 0.2) is 18.2 Å². The maximum absolute atomic E-state index is 9.46. The van der Waals surface area contributed by atoms with Crippen LogP contribution < -0.4 is 9.47 Å². The lowest BCUT2D eigenvalue weighted by atomic mass is 9.95. The van der Waals surface area contributed by atoms with Crippen LogP contribution in [-0.2, 0) is 0 Å². The first-order chi connectivity index (χ1) is 7.63. The van der Waals surface area contributed by atoms with E-state index in [0.717, 1.165) is 5.56 Å². The molecule has 0 aliphatic rings. The van der Waals surface area contributed by atoms with Gasteiger partial charge in [-0.3, -0.25) is 0 Å². The molecule has 2 atom stereocenters. The van der Waals surface area contributed by atoms with Crippen LogP contribution in [0.4, 0.5) is 0 Å². The van der Waals surface area contributed by atoms with Gasteiger partial charge in [-0.25, -0.2) is 0 Å². The van der Waals surface area contributed by atoms with E-state index in [2.05, 4.69) is 6.07 Å². The van der Waals surface area contributed by atoms with Crippen LogP contribution in [-0.4, -0.2) is 25.4 Å². The minimum Gasteiger partial charge on any atom is -0.493 e. The van der Waals surface area contributed by atoms with Crippen molar-refractivity contribution in [1.29, 1.82) is 5.26 Å². The van der Waals surface area contributed by atoms with Gasteiger partial charge in [0.25, 0.3) is 0 Å². The van der Waals surface area contributed by atoms with E-state index < -0.39 is 12.0 Å². The Balaban J connectivity index is 3.12. The third-order valence-electron chi connectivity index (χ3n) is 2.39. The second-order valence-corrected chi connectivity index (χ2v) is 3.46. The Bertz CT molecular complexity index is 396. The second kappa shape index (κ2) is 5.38. The van der Waals surface area contributed by atoms with E-state index >= 15 is 0 Å². The smallest absolute Gasteiger partial charge is 0.161 e. The number of hydrogen-bond donors (Lipinski definition) is 1. The molecule has 1 aromatic rings. The molecular weight excluding hydrogens is 206 g/mol. The number of aliphatic hydroxyl groups is 1. The van der Waals surface area contributed by atoms with Gasteiger partial charge in [-0.15, -0.1) is 0 Å². The van der Waals surface area contributed by atoms with Crippen LogP contribution in [0.5, 0.6) is 11.5 Å². The molecule has 0 fully saturated rings. The summed E-state index contributed by atoms with van der Waals surface area (Å²) < 4.78 is 10.2. The molecular formula is C12H15NO3. The molecule has 0 aromatic heterocycles. The maximum atomic E-state index is 9.46. The molecule has 0 saturated heterocycles. The molecule has 0 amide bonds. The van der Waals surface area contributed by atoms with Gasteiger partial charge in [-0.1, -0.05) is 6.07 Å². The summed E-state index contributed by atoms with van der Waals surface area (Å²) in [6, 6.07) is 7.24. The van der Waals surface area contributed by atoms with Gasteiger partial charge in [0.1, 0.15) is 0 Å². The summed E-state index contributed by atoms with van der Waals surface area (Å²) in [6.07, 6.45) is -0.719. The van der Waals surface area contributed by atoms with Crippen molar-refractivity contribution in [2.24, 2.45) is 0 Å². The molecule has 1 aromatic carbocycles. The third kappa shape index (κ3) is 2.44. The monoisotopic (exact) mass is 221 g/mol. The lowest BCUT2D eigenvalue weighted by Crippen LogP contribution is -2.12. The number of hydrogen-bond acceptors (Lipinski definition) is 4. The number of ether oxygens (including phenoxy) is 2. The Morgan fingerprint density at radius 1 is 1.25 bits per heavy atom. The van der Waals surface area contributed by atoms with Crippen molar-refractivity contribution in [2.75, 3.05) is 14.2 Å². The minimum absolute atomic E-state index is 0.556. The summed E-state index contributed by atoms with van der Waals surface area (Å²) in [7, 11) is 3.08. The van der Waals surface area contributed by atoms with E-state index in [4.69, 9.17) is 14.7 Å². The van der Waals surface area contributed by atoms with Crippen molar-refractivity contribution in [3.63, 3.8) is 0 Å². The van der Waals surface area contributed by atoms with Crippen LogP contribution in [0.3, 0.4) is 0 Å². The van der Waals surface area contributed by atoms with Gasteiger partial charge in [-0.2, -0.15) is 5.26 Å². The van der Waals surface area contributed by atoms with Crippen LogP contribution in [0.2, 0.25) is 0 Å². The van der Waals surface area contributed by atoms with E-state index in [1.165, 1.54) is 7.11 Å². The highest BCUT2D eigenvalue weighted by Crippen LogP contribution is 2.31. The zero-order valence-electron chi connectivity index (χ0n) is 9.60. The summed E-state index contributed by atoms with van der Waals surface area (Å²) in [5.74, 6) is 0.606. The molecule has 4 nitrogen and oxygen atoms in total. The molecule has 1 rings (SSSR count). The first kappa shape index (κ1) is 12.3. The van der Waals surface area contributed by atoms with Gasteiger partial charge in [0.15, 0.2) is 11.5 Å². The molecule has 0 heterocycles. The molecule has 2 unspecified atom stereocenters. The quantitative estimate of drug-likeness (QED) is 0.840. The Kier molecular flexibility index (Phi) is 4.15. The third-order valence-corrected chi connectivity index (χ3v) is 2.39. The first-order valence-corrected chi connectivity index (χ1v) is 4.93. The first-order valence-electron chi connectivity index (χ1n) is 4.93. The lowest BCUT2D eigenvalue weighted by Gasteiger charge is -2.15. The molecule has 16 heavy (non-hydrogen) atoms. The van der Waals surface area contributed by atoms with Gasteiger partial charge < -0.3 is 14.6 Å². The van der Waals surface area contributed by atoms with Crippen LogP contribution in [0.25, 0.3) is 0 Å². The average Bonchev–Trinajstić information content (AvgIpc) is 2.29. The highest BCUT2D eigenvalue weighted by molar-refractivity contribution is 5.45. The Hall–Kier alpha value is -1.73. The Labute approximate surface area is 95.0 Å². The number of rotatable bonds is 4. The van der Waals surface area contributed by atoms with E-state index in [-0.39, 0.29) is 0 Å². The molecule has 1 N–H and O–H groups in total. The normalized spacial score (nSPS) is 13.7. The fraction of sp³-hybridized carbons (Fsp3) is 0.417. The zero-order chi connectivity index (χ0) is 12.1. The highest BCUT2D eigenvalue weighted by Gasteiger charge is 2.18. The Morgan fingerprint density at radius 3 is 2.31 bits per heavy atom. The predicted molar refractivity (Wildman–Crippen MR) is 59.6 cm³/mol. The summed E-state index contributed by atoms with van der Waals surface area (Å²) in [5, 5.41) is 18.4. The van der Waals surface area contributed by atoms with E-state index in [1.807, 2.05) is 0 Å². The predicted octanol–water partition coefficient (Wildman–Crippen LogP) is 1.69. The fourth-order valence-corrected chi connectivity index (χ4v) is 1.51. The van der Waals surface area contributed by atoms with Crippen LogP contribution in [0, 0.1) is 11.3 Å². The highest BCUT2D eigenvalue weighted by atomic mass is 16.5. The lowest BCUT2D eigenvalue weighted by molar-refractivity contribution is 0.181. The van der Waals surface area contributed by atoms with E-state index in [0.29, 0.717) is 11.5 Å². The number of nitrogens with zero attached hydrogens (tertiary/aromatic N) is 1. The SMILES string of the molecule is COc1ccc(C(C#N)C(C)O)cc1OC. The van der Waals surface area contributed by atoms with Crippen LogP contribution in [0.1, 0.15) is 18.4 Å². The van der Waals surface area contributed by atoms with Gasteiger partial charge in [0, 0.05) is 0 Å². The fourth-order valence-electron chi connectivity index (χ4n) is 1.51. The van der Waals surface area contributed by atoms with Crippen molar-refractivity contribution in [1.82, 2.24) is 0 Å². The van der Waals surface area contributed by atoms with Gasteiger partial charge in [0.2, 0.25) is 0 Å². The number of aliphatic hydroxyl groups excluding tert-OH is 1. The van der Waals surface area contributed by atoms with Crippen molar-refractivity contribution < 1.29 is 14.6 Å². The topological polar surface area (TPSA) is 62.5 Å². The Morgan fingerprint density at radius 2 is 1.88 bits per heavy atom. The molecule has 0 aliphatic heterocycles. The standard InChI is InChI=1S/C12H15NO3/c1-8(14)10(7-13)9-4-5-11(15-2)12(6-9)16-3/h4-6,8,10,14H,1-3H3. The van der Waals surface area contributed by atoms with Gasteiger partial charge >= 0.3 is 0 Å². The number of nitriles is 1. The summed E-state index contributed by atoms with van der Waals surface area (Å²) in [4.78, 5) is 0. The van der Waals surface area contributed by atoms with Crippen molar-refractivity contribution >= 4 is 0 Å². The summed E-state index contributed by atoms with van der Waals surface area (Å²) in [6.45, 7) is 1.59. The maximum Gasteiger partial charge on any atom is 0.161 e. The molecule has 4 heteroatoms. The van der Waals surface area contributed by atoms with Crippen LogP contribution >= 0.6 is 0 Å². The van der Waals surface area contributed by atoms with E-state index in [9.17, 15) is 5.11 Å². The van der Waals surface area contributed by atoms with Crippen molar-refractivity contribution in [3.8, 4) is 17.6 Å². The molecule has 0 bridgehead atoms. The molecule has 0 spiro atoms. The largest absolute Gasteiger partial charge is 0.493 e. The van der Waals surface area contributed by atoms with Gasteiger partial charge in [-0.05, 0) is 24.6 Å².